The van der Waals surface area contributed by atoms with Gasteiger partial charge in [0.15, 0.2) is 5.13 Å². The van der Waals surface area contributed by atoms with Crippen molar-refractivity contribution in [2.45, 2.75) is 19.8 Å². The van der Waals surface area contributed by atoms with Crippen LogP contribution in [0.3, 0.4) is 0 Å². The molecule has 0 bridgehead atoms. The number of nitrogens with one attached hydrogen (secondary N) is 1. The van der Waals surface area contributed by atoms with Gasteiger partial charge in [-0.15, -0.1) is 0 Å². The van der Waals surface area contributed by atoms with Crippen LogP contribution in [-0.2, 0) is 6.42 Å². The number of hydrogen-bond donors (Lipinski definition) is 1. The zero-order chi connectivity index (χ0) is 12.4. The summed E-state index contributed by atoms with van der Waals surface area (Å²) in [5.41, 5.74) is 2.54. The predicted octanol–water partition coefficient (Wildman–Crippen LogP) is 2.66. The van der Waals surface area contributed by atoms with Gasteiger partial charge < -0.3 is 10.2 Å². The molecular formula is C14H19N3S. The fourth-order valence-corrected chi connectivity index (χ4v) is 3.43. The SMILES string of the molecule is CCc1ccc2nc(N3CCCNCC3)sc2c1. The minimum absolute atomic E-state index is 1.07. The Morgan fingerprint density at radius 2 is 2.28 bits per heavy atom. The molecule has 18 heavy (non-hydrogen) atoms. The van der Waals surface area contributed by atoms with Gasteiger partial charge >= 0.3 is 0 Å². The van der Waals surface area contributed by atoms with Crippen LogP contribution in [0, 0.1) is 0 Å². The molecule has 1 aromatic heterocycles. The fraction of sp³-hybridized carbons (Fsp3) is 0.500. The predicted molar refractivity (Wildman–Crippen MR) is 78.7 cm³/mol. The highest BCUT2D eigenvalue weighted by molar-refractivity contribution is 7.22. The number of anilines is 1. The van der Waals surface area contributed by atoms with Gasteiger partial charge in [0.05, 0.1) is 10.2 Å². The van der Waals surface area contributed by atoms with Crippen LogP contribution < -0.4 is 10.2 Å². The van der Waals surface area contributed by atoms with Gasteiger partial charge in [0.2, 0.25) is 0 Å². The average Bonchev–Trinajstić information content (AvgIpc) is 2.63. The zero-order valence-corrected chi connectivity index (χ0v) is 11.6. The maximum absolute atomic E-state index is 4.77. The van der Waals surface area contributed by atoms with Crippen LogP contribution in [0.25, 0.3) is 10.2 Å². The van der Waals surface area contributed by atoms with Crippen LogP contribution in [0.2, 0.25) is 0 Å². The molecule has 96 valence electrons. The van der Waals surface area contributed by atoms with E-state index in [1.54, 1.807) is 0 Å². The van der Waals surface area contributed by atoms with E-state index in [1.165, 1.54) is 21.8 Å². The number of aromatic nitrogens is 1. The molecule has 1 saturated heterocycles. The molecule has 0 spiro atoms. The maximum atomic E-state index is 4.77. The van der Waals surface area contributed by atoms with Crippen molar-refractivity contribution in [3.8, 4) is 0 Å². The molecule has 0 amide bonds. The molecule has 0 saturated carbocycles. The molecule has 1 fully saturated rings. The van der Waals surface area contributed by atoms with Crippen molar-refractivity contribution in [2.75, 3.05) is 31.1 Å². The summed E-state index contributed by atoms with van der Waals surface area (Å²) in [6.45, 7) is 6.58. The number of thiazole rings is 1. The van der Waals surface area contributed by atoms with Gasteiger partial charge in [0.1, 0.15) is 0 Å². The molecule has 4 heteroatoms. The van der Waals surface area contributed by atoms with Crippen molar-refractivity contribution in [3.05, 3.63) is 23.8 Å². The third kappa shape index (κ3) is 2.35. The molecule has 2 heterocycles. The van der Waals surface area contributed by atoms with Gasteiger partial charge in [-0.25, -0.2) is 4.98 Å². The number of rotatable bonds is 2. The standard InChI is InChI=1S/C14H19N3S/c1-2-11-4-5-12-13(10-11)18-14(16-12)17-8-3-6-15-7-9-17/h4-5,10,15H,2-3,6-9H2,1H3. The molecule has 2 aromatic rings. The Morgan fingerprint density at radius 3 is 3.17 bits per heavy atom. The number of benzene rings is 1. The van der Waals surface area contributed by atoms with Crippen molar-refractivity contribution in [1.29, 1.82) is 0 Å². The molecule has 1 aliphatic heterocycles. The number of nitrogens with zero attached hydrogens (tertiary/aromatic N) is 2. The summed E-state index contributed by atoms with van der Waals surface area (Å²) >= 11 is 1.83. The van der Waals surface area contributed by atoms with Crippen LogP contribution in [-0.4, -0.2) is 31.2 Å². The first-order valence-electron chi connectivity index (χ1n) is 6.72. The van der Waals surface area contributed by atoms with E-state index >= 15 is 0 Å². The van der Waals surface area contributed by atoms with Gasteiger partial charge in [-0.05, 0) is 37.1 Å². The van der Waals surface area contributed by atoms with Crippen LogP contribution in [0.5, 0.6) is 0 Å². The fourth-order valence-electron chi connectivity index (χ4n) is 2.35. The minimum atomic E-state index is 1.07. The van der Waals surface area contributed by atoms with Gasteiger partial charge in [-0.3, -0.25) is 0 Å². The molecule has 0 atom stereocenters. The van der Waals surface area contributed by atoms with E-state index in [0.29, 0.717) is 0 Å². The minimum Gasteiger partial charge on any atom is -0.347 e. The number of fused-ring (bicyclic) bond motifs is 1. The molecule has 0 unspecified atom stereocenters. The summed E-state index contributed by atoms with van der Waals surface area (Å²) in [7, 11) is 0. The Kier molecular flexibility index (Phi) is 3.48. The molecule has 0 radical (unpaired) electrons. The van der Waals surface area contributed by atoms with Gasteiger partial charge in [-0.2, -0.15) is 0 Å². The maximum Gasteiger partial charge on any atom is 0.186 e. The molecule has 1 aromatic carbocycles. The van der Waals surface area contributed by atoms with Crippen molar-refractivity contribution in [1.82, 2.24) is 10.3 Å². The molecule has 3 rings (SSSR count). The van der Waals surface area contributed by atoms with Gasteiger partial charge in [0, 0.05) is 19.6 Å². The second-order valence-electron chi connectivity index (χ2n) is 4.74. The molecule has 0 aliphatic carbocycles. The van der Waals surface area contributed by atoms with Crippen LogP contribution >= 0.6 is 11.3 Å². The summed E-state index contributed by atoms with van der Waals surface area (Å²) in [4.78, 5) is 7.18. The Bertz CT molecular complexity index is 527. The lowest BCUT2D eigenvalue weighted by atomic mass is 10.2. The normalized spacial score (nSPS) is 17.1. The average molecular weight is 261 g/mol. The topological polar surface area (TPSA) is 28.2 Å². The van der Waals surface area contributed by atoms with E-state index in [0.717, 1.165) is 38.1 Å². The van der Waals surface area contributed by atoms with E-state index in [2.05, 4.69) is 35.3 Å². The van der Waals surface area contributed by atoms with Crippen LogP contribution in [0.15, 0.2) is 18.2 Å². The third-order valence-corrected chi connectivity index (χ3v) is 4.54. The first-order chi connectivity index (χ1) is 8.86. The van der Waals surface area contributed by atoms with Crippen molar-refractivity contribution in [2.24, 2.45) is 0 Å². The summed E-state index contributed by atoms with van der Waals surface area (Å²) in [5.74, 6) is 0. The van der Waals surface area contributed by atoms with Crippen LogP contribution in [0.1, 0.15) is 18.9 Å². The highest BCUT2D eigenvalue weighted by Gasteiger charge is 2.13. The first kappa shape index (κ1) is 11.9. The van der Waals surface area contributed by atoms with Crippen molar-refractivity contribution in [3.63, 3.8) is 0 Å². The lowest BCUT2D eigenvalue weighted by Crippen LogP contribution is -2.27. The largest absolute Gasteiger partial charge is 0.347 e. The lowest BCUT2D eigenvalue weighted by molar-refractivity contribution is 0.724. The van der Waals surface area contributed by atoms with E-state index in [9.17, 15) is 0 Å². The summed E-state index contributed by atoms with van der Waals surface area (Å²) < 4.78 is 1.32. The molecule has 1 N–H and O–H groups in total. The summed E-state index contributed by atoms with van der Waals surface area (Å²) in [6, 6.07) is 6.63. The van der Waals surface area contributed by atoms with Crippen molar-refractivity contribution >= 4 is 26.7 Å². The summed E-state index contributed by atoms with van der Waals surface area (Å²) in [6.07, 6.45) is 2.30. The molecular weight excluding hydrogens is 242 g/mol. The van der Waals surface area contributed by atoms with E-state index in [4.69, 9.17) is 4.98 Å². The van der Waals surface area contributed by atoms with Crippen molar-refractivity contribution < 1.29 is 0 Å². The monoisotopic (exact) mass is 261 g/mol. The van der Waals surface area contributed by atoms with Gasteiger partial charge in [0.25, 0.3) is 0 Å². The highest BCUT2D eigenvalue weighted by Crippen LogP contribution is 2.29. The Hall–Kier alpha value is -1.13. The highest BCUT2D eigenvalue weighted by atomic mass is 32.1. The Labute approximate surface area is 112 Å². The second-order valence-corrected chi connectivity index (χ2v) is 5.75. The number of hydrogen-bond acceptors (Lipinski definition) is 4. The summed E-state index contributed by atoms with van der Waals surface area (Å²) in [5, 5.41) is 4.62. The lowest BCUT2D eigenvalue weighted by Gasteiger charge is -2.17. The smallest absolute Gasteiger partial charge is 0.186 e. The molecule has 1 aliphatic rings. The zero-order valence-electron chi connectivity index (χ0n) is 10.8. The van der Waals surface area contributed by atoms with E-state index in [-0.39, 0.29) is 0 Å². The molecule has 3 nitrogen and oxygen atoms in total. The Morgan fingerprint density at radius 1 is 1.33 bits per heavy atom. The first-order valence-corrected chi connectivity index (χ1v) is 7.53. The Balaban J connectivity index is 1.91. The van der Waals surface area contributed by atoms with Crippen LogP contribution in [0.4, 0.5) is 5.13 Å². The second kappa shape index (κ2) is 5.24. The van der Waals surface area contributed by atoms with Gasteiger partial charge in [-0.1, -0.05) is 24.3 Å². The van der Waals surface area contributed by atoms with E-state index < -0.39 is 0 Å². The van der Waals surface area contributed by atoms with E-state index in [1.807, 2.05) is 11.3 Å². The third-order valence-electron chi connectivity index (χ3n) is 3.46. The number of aryl methyl sites for hydroxylation is 1. The quantitative estimate of drug-likeness (QED) is 0.901.